The molecule has 4 heteroatoms. The summed E-state index contributed by atoms with van der Waals surface area (Å²) in [4.78, 5) is 12.2. The zero-order valence-electron chi connectivity index (χ0n) is 13.0. The summed E-state index contributed by atoms with van der Waals surface area (Å²) in [6.07, 6.45) is 0.304. The second-order valence-electron chi connectivity index (χ2n) is 5.67. The van der Waals surface area contributed by atoms with Crippen molar-refractivity contribution in [3.63, 3.8) is 0 Å². The van der Waals surface area contributed by atoms with Crippen molar-refractivity contribution in [2.45, 2.75) is 20.3 Å². The molecular formula is C18H22N2O2. The molecule has 0 aromatic heterocycles. The first-order valence-corrected chi connectivity index (χ1v) is 7.40. The minimum atomic E-state index is -0.0784. The van der Waals surface area contributed by atoms with Gasteiger partial charge in [-0.25, -0.2) is 0 Å². The van der Waals surface area contributed by atoms with Gasteiger partial charge in [0.1, 0.15) is 5.75 Å². The van der Waals surface area contributed by atoms with Gasteiger partial charge in [-0.05, 0) is 35.7 Å². The highest BCUT2D eigenvalue weighted by molar-refractivity contribution is 5.93. The van der Waals surface area contributed by atoms with Crippen molar-refractivity contribution >= 4 is 17.3 Å². The highest BCUT2D eigenvalue weighted by atomic mass is 16.5. The van der Waals surface area contributed by atoms with E-state index in [2.05, 4.69) is 19.2 Å². The Morgan fingerprint density at radius 1 is 1.14 bits per heavy atom. The summed E-state index contributed by atoms with van der Waals surface area (Å²) in [6.45, 7) is 4.79. The van der Waals surface area contributed by atoms with Gasteiger partial charge in [0, 0.05) is 5.69 Å². The minimum Gasteiger partial charge on any atom is -0.491 e. The van der Waals surface area contributed by atoms with Gasteiger partial charge in [-0.15, -0.1) is 0 Å². The molecular weight excluding hydrogens is 276 g/mol. The maximum absolute atomic E-state index is 12.2. The van der Waals surface area contributed by atoms with Gasteiger partial charge in [-0.1, -0.05) is 38.1 Å². The van der Waals surface area contributed by atoms with Crippen LogP contribution in [-0.2, 0) is 11.2 Å². The van der Waals surface area contributed by atoms with Crippen LogP contribution in [0, 0.1) is 5.92 Å². The summed E-state index contributed by atoms with van der Waals surface area (Å²) in [5, 5.41) is 2.90. The molecule has 0 bridgehead atoms. The average Bonchev–Trinajstić information content (AvgIpc) is 2.48. The van der Waals surface area contributed by atoms with Crippen LogP contribution in [0.25, 0.3) is 0 Å². The van der Waals surface area contributed by atoms with Gasteiger partial charge in [0.15, 0.2) is 0 Å². The van der Waals surface area contributed by atoms with Crippen molar-refractivity contribution in [1.82, 2.24) is 0 Å². The van der Waals surface area contributed by atoms with Gasteiger partial charge in [0.2, 0.25) is 5.91 Å². The van der Waals surface area contributed by atoms with Gasteiger partial charge < -0.3 is 15.8 Å². The van der Waals surface area contributed by atoms with E-state index in [1.165, 1.54) is 0 Å². The van der Waals surface area contributed by atoms with Crippen LogP contribution in [0.4, 0.5) is 11.4 Å². The molecule has 0 atom stereocenters. The molecule has 0 aliphatic carbocycles. The summed E-state index contributed by atoms with van der Waals surface area (Å²) >= 11 is 0. The number of benzene rings is 2. The monoisotopic (exact) mass is 298 g/mol. The number of rotatable bonds is 6. The maximum atomic E-state index is 12.2. The number of nitrogens with two attached hydrogens (primary N) is 1. The first-order chi connectivity index (χ1) is 10.5. The number of para-hydroxylation sites is 2. The van der Waals surface area contributed by atoms with E-state index < -0.39 is 0 Å². The third-order valence-electron chi connectivity index (χ3n) is 3.08. The number of anilines is 2. The van der Waals surface area contributed by atoms with E-state index in [-0.39, 0.29) is 5.91 Å². The van der Waals surface area contributed by atoms with Crippen LogP contribution >= 0.6 is 0 Å². The lowest BCUT2D eigenvalue weighted by atomic mass is 10.1. The molecule has 116 valence electrons. The fourth-order valence-corrected chi connectivity index (χ4v) is 1.97. The van der Waals surface area contributed by atoms with Gasteiger partial charge in [0.05, 0.1) is 18.7 Å². The largest absolute Gasteiger partial charge is 0.491 e. The Balaban J connectivity index is 2.00. The highest BCUT2D eigenvalue weighted by Crippen LogP contribution is 2.24. The molecule has 0 aliphatic heterocycles. The molecule has 2 aromatic carbocycles. The summed E-state index contributed by atoms with van der Waals surface area (Å²) < 4.78 is 5.73. The number of ether oxygens (including phenoxy) is 1. The van der Waals surface area contributed by atoms with E-state index >= 15 is 0 Å². The fraction of sp³-hybridized carbons (Fsp3) is 0.278. The van der Waals surface area contributed by atoms with E-state index in [0.717, 1.165) is 5.56 Å². The topological polar surface area (TPSA) is 64.3 Å². The third kappa shape index (κ3) is 4.81. The Kier molecular flexibility index (Phi) is 5.42. The predicted octanol–water partition coefficient (Wildman–Crippen LogP) is 3.48. The summed E-state index contributed by atoms with van der Waals surface area (Å²) in [5.41, 5.74) is 7.95. The molecule has 0 heterocycles. The van der Waals surface area contributed by atoms with Crippen LogP contribution in [-0.4, -0.2) is 12.5 Å². The summed E-state index contributed by atoms with van der Waals surface area (Å²) in [6, 6.07) is 14.8. The van der Waals surface area contributed by atoms with Gasteiger partial charge in [-0.2, -0.15) is 0 Å². The molecule has 0 spiro atoms. The first-order valence-electron chi connectivity index (χ1n) is 7.40. The Morgan fingerprint density at radius 3 is 2.50 bits per heavy atom. The molecule has 4 nitrogen and oxygen atoms in total. The molecule has 0 saturated carbocycles. The van der Waals surface area contributed by atoms with E-state index in [9.17, 15) is 4.79 Å². The van der Waals surface area contributed by atoms with E-state index in [1.807, 2.05) is 36.4 Å². The normalized spacial score (nSPS) is 10.5. The number of carbonyl (C=O) groups is 1. The van der Waals surface area contributed by atoms with Crippen molar-refractivity contribution in [3.8, 4) is 5.75 Å². The van der Waals surface area contributed by atoms with Crippen molar-refractivity contribution in [2.75, 3.05) is 17.7 Å². The zero-order chi connectivity index (χ0) is 15.9. The van der Waals surface area contributed by atoms with Gasteiger partial charge in [0.25, 0.3) is 0 Å². The number of carbonyl (C=O) groups excluding carboxylic acids is 1. The molecule has 0 aliphatic rings. The zero-order valence-corrected chi connectivity index (χ0v) is 13.0. The predicted molar refractivity (Wildman–Crippen MR) is 90.0 cm³/mol. The van der Waals surface area contributed by atoms with Crippen LogP contribution in [0.3, 0.4) is 0 Å². The van der Waals surface area contributed by atoms with Crippen molar-refractivity contribution in [1.29, 1.82) is 0 Å². The van der Waals surface area contributed by atoms with E-state index in [4.69, 9.17) is 10.5 Å². The summed E-state index contributed by atoms with van der Waals surface area (Å²) in [5.74, 6) is 1.05. The van der Waals surface area contributed by atoms with Crippen molar-refractivity contribution in [3.05, 3.63) is 54.1 Å². The van der Waals surface area contributed by atoms with E-state index in [1.54, 1.807) is 12.1 Å². The van der Waals surface area contributed by atoms with Crippen molar-refractivity contribution in [2.24, 2.45) is 5.92 Å². The highest BCUT2D eigenvalue weighted by Gasteiger charge is 2.09. The third-order valence-corrected chi connectivity index (χ3v) is 3.08. The minimum absolute atomic E-state index is 0.0784. The Bertz CT molecular complexity index is 621. The molecule has 22 heavy (non-hydrogen) atoms. The van der Waals surface area contributed by atoms with Crippen molar-refractivity contribution < 1.29 is 9.53 Å². The number of hydrogen-bond acceptors (Lipinski definition) is 3. The number of hydrogen-bond donors (Lipinski definition) is 2. The van der Waals surface area contributed by atoms with Gasteiger partial charge in [-0.3, -0.25) is 4.79 Å². The number of nitrogens with one attached hydrogen (secondary N) is 1. The lowest BCUT2D eigenvalue weighted by Gasteiger charge is -2.13. The number of amides is 1. The van der Waals surface area contributed by atoms with Gasteiger partial charge >= 0.3 is 0 Å². The lowest BCUT2D eigenvalue weighted by Crippen LogP contribution is -2.15. The molecule has 0 unspecified atom stereocenters. The molecule has 0 fully saturated rings. The smallest absolute Gasteiger partial charge is 0.228 e. The maximum Gasteiger partial charge on any atom is 0.228 e. The van der Waals surface area contributed by atoms with E-state index in [0.29, 0.717) is 36.1 Å². The SMILES string of the molecule is CC(C)COc1ccccc1NC(=O)Cc1ccc(N)cc1. The molecule has 0 saturated heterocycles. The Morgan fingerprint density at radius 2 is 1.82 bits per heavy atom. The van der Waals surface area contributed by atoms with Crippen LogP contribution in [0.5, 0.6) is 5.75 Å². The fourth-order valence-electron chi connectivity index (χ4n) is 1.97. The first kappa shape index (κ1) is 15.9. The molecule has 1 amide bonds. The van der Waals surface area contributed by atoms with Crippen LogP contribution < -0.4 is 15.8 Å². The van der Waals surface area contributed by atoms with Crippen LogP contribution in [0.2, 0.25) is 0 Å². The Labute approximate surface area is 131 Å². The summed E-state index contributed by atoms with van der Waals surface area (Å²) in [7, 11) is 0. The average molecular weight is 298 g/mol. The van der Waals surface area contributed by atoms with Crippen LogP contribution in [0.1, 0.15) is 19.4 Å². The van der Waals surface area contributed by atoms with Crippen LogP contribution in [0.15, 0.2) is 48.5 Å². The standard InChI is InChI=1S/C18H22N2O2/c1-13(2)12-22-17-6-4-3-5-16(17)20-18(21)11-14-7-9-15(19)10-8-14/h3-10,13H,11-12,19H2,1-2H3,(H,20,21). The molecule has 3 N–H and O–H groups in total. The Hall–Kier alpha value is -2.49. The molecule has 0 radical (unpaired) electrons. The second kappa shape index (κ2) is 7.50. The second-order valence-corrected chi connectivity index (χ2v) is 5.67. The molecule has 2 rings (SSSR count). The lowest BCUT2D eigenvalue weighted by molar-refractivity contribution is -0.115. The quantitative estimate of drug-likeness (QED) is 0.802. The number of nitrogen functional groups attached to an aromatic ring is 1. The molecule has 2 aromatic rings.